The molecule has 2 rings (SSSR count). The third kappa shape index (κ3) is 4.04. The van der Waals surface area contributed by atoms with Crippen LogP contribution in [0.2, 0.25) is 0 Å². The number of nitrogens with zero attached hydrogens (tertiary/aromatic N) is 2. The van der Waals surface area contributed by atoms with Crippen molar-refractivity contribution in [2.75, 3.05) is 39.3 Å². The number of carbonyl (C=O) groups excluding carboxylic acids is 1. The van der Waals surface area contributed by atoms with Gasteiger partial charge in [-0.1, -0.05) is 29.8 Å². The van der Waals surface area contributed by atoms with E-state index in [0.29, 0.717) is 0 Å². The highest BCUT2D eigenvalue weighted by molar-refractivity contribution is 5.77. The number of piperazine rings is 1. The lowest BCUT2D eigenvalue weighted by Gasteiger charge is -2.34. The number of hydrogen-bond donors (Lipinski definition) is 1. The minimum atomic E-state index is -0.372. The Morgan fingerprint density at radius 3 is 2.37 bits per heavy atom. The van der Waals surface area contributed by atoms with Crippen LogP contribution < -0.4 is 0 Å². The summed E-state index contributed by atoms with van der Waals surface area (Å²) in [5.74, 6) is -0.154. The topological polar surface area (TPSA) is 43.8 Å². The van der Waals surface area contributed by atoms with Gasteiger partial charge < -0.3 is 10.0 Å². The van der Waals surface area contributed by atoms with Crippen LogP contribution in [0.5, 0.6) is 0 Å². The van der Waals surface area contributed by atoms with E-state index in [-0.39, 0.29) is 12.5 Å². The minimum absolute atomic E-state index is 0.154. The number of rotatable bonds is 4. The highest BCUT2D eigenvalue weighted by atomic mass is 16.3. The van der Waals surface area contributed by atoms with Gasteiger partial charge in [-0.25, -0.2) is 0 Å². The second-order valence-electron chi connectivity index (χ2n) is 5.12. The van der Waals surface area contributed by atoms with E-state index >= 15 is 0 Å². The van der Waals surface area contributed by atoms with Gasteiger partial charge in [-0.3, -0.25) is 9.69 Å². The van der Waals surface area contributed by atoms with Crippen LogP contribution in [0, 0.1) is 6.92 Å². The van der Waals surface area contributed by atoms with Gasteiger partial charge in [-0.15, -0.1) is 0 Å². The average Bonchev–Trinajstić information content (AvgIpc) is 2.46. The van der Waals surface area contributed by atoms with Gasteiger partial charge in [0.2, 0.25) is 5.91 Å². The van der Waals surface area contributed by atoms with Crippen molar-refractivity contribution in [3.05, 3.63) is 35.4 Å². The first-order valence-electron chi connectivity index (χ1n) is 6.85. The monoisotopic (exact) mass is 262 g/mol. The van der Waals surface area contributed by atoms with Crippen molar-refractivity contribution in [2.45, 2.75) is 13.3 Å². The van der Waals surface area contributed by atoms with Crippen LogP contribution in [-0.4, -0.2) is 60.1 Å². The SMILES string of the molecule is Cc1ccc(CCN2CCN(C(=O)CO)CC2)cc1. The molecule has 0 unspecified atom stereocenters. The summed E-state index contributed by atoms with van der Waals surface area (Å²) in [7, 11) is 0. The van der Waals surface area contributed by atoms with Gasteiger partial charge in [0.15, 0.2) is 0 Å². The number of aliphatic hydroxyl groups is 1. The summed E-state index contributed by atoms with van der Waals surface area (Å²) < 4.78 is 0. The van der Waals surface area contributed by atoms with Gasteiger partial charge in [0.1, 0.15) is 6.61 Å². The molecule has 1 heterocycles. The predicted octanol–water partition coefficient (Wildman–Crippen LogP) is 0.674. The van der Waals surface area contributed by atoms with Crippen molar-refractivity contribution < 1.29 is 9.90 Å². The second-order valence-corrected chi connectivity index (χ2v) is 5.12. The van der Waals surface area contributed by atoms with E-state index in [9.17, 15) is 4.79 Å². The molecule has 1 N–H and O–H groups in total. The Hall–Kier alpha value is -1.39. The van der Waals surface area contributed by atoms with Crippen LogP contribution in [0.4, 0.5) is 0 Å². The molecule has 1 aromatic carbocycles. The summed E-state index contributed by atoms with van der Waals surface area (Å²) in [4.78, 5) is 15.5. The zero-order valence-corrected chi connectivity index (χ0v) is 11.5. The van der Waals surface area contributed by atoms with Crippen molar-refractivity contribution in [3.8, 4) is 0 Å². The van der Waals surface area contributed by atoms with E-state index in [0.717, 1.165) is 39.1 Å². The largest absolute Gasteiger partial charge is 0.387 e. The minimum Gasteiger partial charge on any atom is -0.387 e. The Morgan fingerprint density at radius 1 is 1.16 bits per heavy atom. The lowest BCUT2D eigenvalue weighted by molar-refractivity contribution is -0.135. The fraction of sp³-hybridized carbons (Fsp3) is 0.533. The van der Waals surface area contributed by atoms with Crippen LogP contribution >= 0.6 is 0 Å². The Morgan fingerprint density at radius 2 is 1.79 bits per heavy atom. The maximum atomic E-state index is 11.3. The molecule has 1 aliphatic rings. The van der Waals surface area contributed by atoms with E-state index in [4.69, 9.17) is 5.11 Å². The third-order valence-electron chi connectivity index (χ3n) is 3.70. The molecule has 19 heavy (non-hydrogen) atoms. The molecule has 1 aromatic rings. The van der Waals surface area contributed by atoms with Gasteiger partial charge in [0, 0.05) is 32.7 Å². The smallest absolute Gasteiger partial charge is 0.248 e. The number of carbonyl (C=O) groups is 1. The first-order valence-corrected chi connectivity index (χ1v) is 6.85. The van der Waals surface area contributed by atoms with E-state index < -0.39 is 0 Å². The zero-order valence-electron chi connectivity index (χ0n) is 11.5. The maximum absolute atomic E-state index is 11.3. The number of aryl methyl sites for hydroxylation is 1. The fourth-order valence-electron chi connectivity index (χ4n) is 2.36. The molecule has 0 aliphatic carbocycles. The molecule has 1 fully saturated rings. The van der Waals surface area contributed by atoms with Crippen molar-refractivity contribution in [1.82, 2.24) is 9.80 Å². The Kier molecular flexibility index (Phi) is 4.93. The molecule has 4 nitrogen and oxygen atoms in total. The fourth-order valence-corrected chi connectivity index (χ4v) is 2.36. The molecule has 0 aromatic heterocycles. The van der Waals surface area contributed by atoms with Gasteiger partial charge >= 0.3 is 0 Å². The van der Waals surface area contributed by atoms with E-state index in [2.05, 4.69) is 36.1 Å². The zero-order chi connectivity index (χ0) is 13.7. The first-order chi connectivity index (χ1) is 9.19. The molecule has 0 spiro atoms. The van der Waals surface area contributed by atoms with E-state index in [1.807, 2.05) is 0 Å². The van der Waals surface area contributed by atoms with Gasteiger partial charge in [0.25, 0.3) is 0 Å². The molecule has 1 saturated heterocycles. The Balaban J connectivity index is 1.74. The van der Waals surface area contributed by atoms with E-state index in [1.54, 1.807) is 4.90 Å². The van der Waals surface area contributed by atoms with Crippen LogP contribution in [0.15, 0.2) is 24.3 Å². The Labute approximate surface area is 114 Å². The summed E-state index contributed by atoms with van der Waals surface area (Å²) in [5, 5.41) is 8.82. The maximum Gasteiger partial charge on any atom is 0.248 e. The van der Waals surface area contributed by atoms with Crippen molar-refractivity contribution in [3.63, 3.8) is 0 Å². The Bertz CT molecular complexity index is 409. The molecule has 0 bridgehead atoms. The molecule has 4 heteroatoms. The number of hydrogen-bond acceptors (Lipinski definition) is 3. The molecule has 0 atom stereocenters. The van der Waals surface area contributed by atoms with Crippen molar-refractivity contribution in [2.24, 2.45) is 0 Å². The van der Waals surface area contributed by atoms with Crippen LogP contribution in [0.1, 0.15) is 11.1 Å². The van der Waals surface area contributed by atoms with Crippen LogP contribution in [0.25, 0.3) is 0 Å². The lowest BCUT2D eigenvalue weighted by Crippen LogP contribution is -2.49. The van der Waals surface area contributed by atoms with Gasteiger partial charge in [-0.2, -0.15) is 0 Å². The number of benzene rings is 1. The van der Waals surface area contributed by atoms with Crippen molar-refractivity contribution >= 4 is 5.91 Å². The summed E-state index contributed by atoms with van der Waals surface area (Å²) in [6.45, 7) is 6.02. The predicted molar refractivity (Wildman–Crippen MR) is 75.0 cm³/mol. The summed E-state index contributed by atoms with van der Waals surface area (Å²) in [6, 6.07) is 8.65. The number of aliphatic hydroxyl groups excluding tert-OH is 1. The normalized spacial score (nSPS) is 16.6. The third-order valence-corrected chi connectivity index (χ3v) is 3.70. The summed E-state index contributed by atoms with van der Waals surface area (Å²) in [6.07, 6.45) is 1.05. The van der Waals surface area contributed by atoms with E-state index in [1.165, 1.54) is 11.1 Å². The molecule has 1 amide bonds. The molecular weight excluding hydrogens is 240 g/mol. The van der Waals surface area contributed by atoms with Gasteiger partial charge in [-0.05, 0) is 18.9 Å². The highest BCUT2D eigenvalue weighted by Crippen LogP contribution is 2.07. The van der Waals surface area contributed by atoms with Crippen molar-refractivity contribution in [1.29, 1.82) is 0 Å². The molecule has 0 saturated carbocycles. The average molecular weight is 262 g/mol. The summed E-state index contributed by atoms with van der Waals surface area (Å²) >= 11 is 0. The lowest BCUT2D eigenvalue weighted by atomic mass is 10.1. The highest BCUT2D eigenvalue weighted by Gasteiger charge is 2.19. The molecule has 1 aliphatic heterocycles. The standard InChI is InChI=1S/C15H22N2O2/c1-13-2-4-14(5-3-13)6-7-16-8-10-17(11-9-16)15(19)12-18/h2-5,18H,6-12H2,1H3. The molecule has 104 valence electrons. The second kappa shape index (κ2) is 6.68. The molecule has 0 radical (unpaired) electrons. The quantitative estimate of drug-likeness (QED) is 0.867. The van der Waals surface area contributed by atoms with Gasteiger partial charge in [0.05, 0.1) is 0 Å². The first kappa shape index (κ1) is 14.0. The van der Waals surface area contributed by atoms with Crippen LogP contribution in [0.3, 0.4) is 0 Å². The number of amides is 1. The molecular formula is C15H22N2O2. The van der Waals surface area contributed by atoms with Crippen LogP contribution in [-0.2, 0) is 11.2 Å². The summed E-state index contributed by atoms with van der Waals surface area (Å²) in [5.41, 5.74) is 2.65.